The maximum absolute atomic E-state index is 2.49. The zero-order valence-corrected chi connectivity index (χ0v) is 29.0. The molecule has 0 heteroatoms. The van der Waals surface area contributed by atoms with E-state index in [0.29, 0.717) is 0 Å². The maximum Gasteiger partial charge on any atom is -0.0386 e. The third kappa shape index (κ3) is 7.94. The highest BCUT2D eigenvalue weighted by Crippen LogP contribution is 2.51. The SMILES string of the molecule is CC1CCC(C2CCC(C3CCC(C4CCC(C5CCC(C6CCC(C7CCCCC7)CC6)CC5)CC4)CC3)CC2)CC1. The Balaban J connectivity index is 0.768. The summed E-state index contributed by atoms with van der Waals surface area (Å²) in [6, 6.07) is 0. The lowest BCUT2D eigenvalue weighted by Crippen LogP contribution is -2.33. The van der Waals surface area contributed by atoms with Gasteiger partial charge in [-0.05, 0) is 218 Å². The van der Waals surface area contributed by atoms with Crippen molar-refractivity contribution >= 4 is 0 Å². The molecule has 43 heavy (non-hydrogen) atoms. The van der Waals surface area contributed by atoms with Crippen LogP contribution in [0.2, 0.25) is 0 Å². The normalized spacial score (nSPS) is 47.7. The van der Waals surface area contributed by atoms with E-state index in [-0.39, 0.29) is 0 Å². The van der Waals surface area contributed by atoms with Crippen LogP contribution in [0, 0.1) is 76.9 Å². The molecule has 7 aliphatic rings. The third-order valence-electron chi connectivity index (χ3n) is 16.8. The number of hydrogen-bond donors (Lipinski definition) is 0. The summed E-state index contributed by atoms with van der Waals surface area (Å²) in [4.78, 5) is 0. The molecule has 7 aliphatic carbocycles. The molecule has 0 bridgehead atoms. The van der Waals surface area contributed by atoms with Crippen molar-refractivity contribution in [2.75, 3.05) is 0 Å². The van der Waals surface area contributed by atoms with Gasteiger partial charge in [-0.25, -0.2) is 0 Å². The van der Waals surface area contributed by atoms with Gasteiger partial charge in [0.05, 0.1) is 0 Å². The first-order valence-electron chi connectivity index (χ1n) is 21.2. The third-order valence-corrected chi connectivity index (χ3v) is 16.8. The van der Waals surface area contributed by atoms with Crippen molar-refractivity contribution in [3.05, 3.63) is 0 Å². The first-order valence-corrected chi connectivity index (χ1v) is 21.2. The summed E-state index contributed by atoms with van der Waals surface area (Å²) in [7, 11) is 0. The molecule has 0 aromatic carbocycles. The Morgan fingerprint density at radius 3 is 0.558 bits per heavy atom. The van der Waals surface area contributed by atoms with Gasteiger partial charge in [0.2, 0.25) is 0 Å². The molecule has 7 rings (SSSR count). The van der Waals surface area contributed by atoms with Crippen LogP contribution in [0.4, 0.5) is 0 Å². The van der Waals surface area contributed by atoms with E-state index in [4.69, 9.17) is 0 Å². The van der Waals surface area contributed by atoms with Crippen LogP contribution in [0.25, 0.3) is 0 Å². The Kier molecular flexibility index (Phi) is 11.2. The molecule has 0 aliphatic heterocycles. The molecule has 7 saturated carbocycles. The second-order valence-corrected chi connectivity index (χ2v) is 18.8. The summed E-state index contributed by atoms with van der Waals surface area (Å²) in [5, 5.41) is 0. The minimum absolute atomic E-state index is 1.02. The lowest BCUT2D eigenvalue weighted by atomic mass is 9.61. The van der Waals surface area contributed by atoms with Gasteiger partial charge in [-0.1, -0.05) is 51.9 Å². The number of hydrogen-bond acceptors (Lipinski definition) is 0. The maximum atomic E-state index is 2.49. The Bertz CT molecular complexity index is 774. The van der Waals surface area contributed by atoms with E-state index in [1.54, 1.807) is 154 Å². The highest BCUT2D eigenvalue weighted by atomic mass is 14.4. The monoisotopic (exact) mass is 591 g/mol. The highest BCUT2D eigenvalue weighted by Gasteiger charge is 2.39. The molecule has 0 aromatic heterocycles. The van der Waals surface area contributed by atoms with Crippen LogP contribution in [0.1, 0.15) is 193 Å². The summed E-state index contributed by atoms with van der Waals surface area (Å²) >= 11 is 0. The lowest BCUT2D eigenvalue weighted by molar-refractivity contribution is 0.0677. The average molecular weight is 591 g/mol. The highest BCUT2D eigenvalue weighted by molar-refractivity contribution is 4.90. The van der Waals surface area contributed by atoms with Crippen molar-refractivity contribution in [1.29, 1.82) is 0 Å². The van der Waals surface area contributed by atoms with E-state index in [1.165, 1.54) is 32.1 Å². The van der Waals surface area contributed by atoms with Gasteiger partial charge in [0, 0.05) is 0 Å². The van der Waals surface area contributed by atoms with E-state index in [1.807, 2.05) is 0 Å². The van der Waals surface area contributed by atoms with E-state index < -0.39 is 0 Å². The van der Waals surface area contributed by atoms with E-state index in [9.17, 15) is 0 Å². The van der Waals surface area contributed by atoms with Crippen molar-refractivity contribution in [2.45, 2.75) is 193 Å². The van der Waals surface area contributed by atoms with Crippen molar-refractivity contribution in [2.24, 2.45) is 76.9 Å². The van der Waals surface area contributed by atoms with Crippen LogP contribution in [-0.4, -0.2) is 0 Å². The van der Waals surface area contributed by atoms with Gasteiger partial charge in [0.1, 0.15) is 0 Å². The van der Waals surface area contributed by atoms with Gasteiger partial charge >= 0.3 is 0 Å². The van der Waals surface area contributed by atoms with Gasteiger partial charge in [0.15, 0.2) is 0 Å². The molecule has 0 heterocycles. The zero-order valence-electron chi connectivity index (χ0n) is 29.0. The molecule has 7 fully saturated rings. The van der Waals surface area contributed by atoms with E-state index in [2.05, 4.69) is 6.92 Å². The molecule has 0 radical (unpaired) electrons. The quantitative estimate of drug-likeness (QED) is 0.289. The second-order valence-electron chi connectivity index (χ2n) is 18.8. The first-order chi connectivity index (χ1) is 21.2. The summed E-state index contributed by atoms with van der Waals surface area (Å²) in [5.41, 5.74) is 0. The standard InChI is InChI=1S/C43H74/c1-31-7-9-33(10-8-31)35-15-17-37(18-16-35)39-23-25-41(26-24-39)43-29-27-42(28-30-43)40-21-19-38(20-22-40)36-13-11-34(12-14-36)32-5-3-2-4-6-32/h31-43H,2-30H2,1H3. The zero-order chi connectivity index (χ0) is 29.0. The Morgan fingerprint density at radius 2 is 0.349 bits per heavy atom. The molecule has 0 atom stereocenters. The molecule has 0 unspecified atom stereocenters. The van der Waals surface area contributed by atoms with Gasteiger partial charge in [-0.15, -0.1) is 0 Å². The predicted octanol–water partition coefficient (Wildman–Crippen LogP) is 13.4. The number of rotatable bonds is 6. The van der Waals surface area contributed by atoms with Crippen LogP contribution >= 0.6 is 0 Å². The minimum atomic E-state index is 1.02. The summed E-state index contributed by atoms with van der Waals surface area (Å²) in [6.45, 7) is 2.49. The molecule has 0 nitrogen and oxygen atoms in total. The van der Waals surface area contributed by atoms with Gasteiger partial charge < -0.3 is 0 Å². The largest absolute Gasteiger partial charge is 0.0625 e. The van der Waals surface area contributed by atoms with E-state index in [0.717, 1.165) is 76.9 Å². The molecule has 0 spiro atoms. The summed E-state index contributed by atoms with van der Waals surface area (Å²) < 4.78 is 0. The predicted molar refractivity (Wildman–Crippen MR) is 185 cm³/mol. The van der Waals surface area contributed by atoms with Crippen molar-refractivity contribution in [3.63, 3.8) is 0 Å². The lowest BCUT2D eigenvalue weighted by Gasteiger charge is -2.44. The van der Waals surface area contributed by atoms with Crippen molar-refractivity contribution < 1.29 is 0 Å². The Morgan fingerprint density at radius 1 is 0.186 bits per heavy atom. The molecular formula is C43H74. The fourth-order valence-electron chi connectivity index (χ4n) is 13.8. The Hall–Kier alpha value is 0. The van der Waals surface area contributed by atoms with Crippen LogP contribution in [0.3, 0.4) is 0 Å². The van der Waals surface area contributed by atoms with Gasteiger partial charge in [-0.2, -0.15) is 0 Å². The molecule has 0 amide bonds. The van der Waals surface area contributed by atoms with Crippen LogP contribution < -0.4 is 0 Å². The molecular weight excluding hydrogens is 516 g/mol. The molecule has 0 aromatic rings. The topological polar surface area (TPSA) is 0 Å². The Labute approximate surface area is 269 Å². The van der Waals surface area contributed by atoms with Gasteiger partial charge in [0.25, 0.3) is 0 Å². The summed E-state index contributed by atoms with van der Waals surface area (Å²) in [5.74, 6) is 14.3. The van der Waals surface area contributed by atoms with Crippen LogP contribution in [0.15, 0.2) is 0 Å². The molecule has 0 saturated heterocycles. The second kappa shape index (κ2) is 15.3. The van der Waals surface area contributed by atoms with Crippen molar-refractivity contribution in [3.8, 4) is 0 Å². The fourth-order valence-corrected chi connectivity index (χ4v) is 13.8. The van der Waals surface area contributed by atoms with E-state index >= 15 is 0 Å². The smallest absolute Gasteiger partial charge is 0.0386 e. The average Bonchev–Trinajstić information content (AvgIpc) is 3.09. The minimum Gasteiger partial charge on any atom is -0.0625 e. The van der Waals surface area contributed by atoms with Crippen molar-refractivity contribution in [1.82, 2.24) is 0 Å². The van der Waals surface area contributed by atoms with Crippen LogP contribution in [-0.2, 0) is 0 Å². The fraction of sp³-hybridized carbons (Fsp3) is 1.00. The van der Waals surface area contributed by atoms with Gasteiger partial charge in [-0.3, -0.25) is 0 Å². The van der Waals surface area contributed by atoms with Crippen LogP contribution in [0.5, 0.6) is 0 Å². The first kappa shape index (κ1) is 31.6. The summed E-state index contributed by atoms with van der Waals surface area (Å²) in [6.07, 6.45) is 46.0. The molecule has 246 valence electrons. The molecule has 0 N–H and O–H groups in total.